The van der Waals surface area contributed by atoms with E-state index in [2.05, 4.69) is 46.0 Å². The van der Waals surface area contributed by atoms with Gasteiger partial charge in [-0.2, -0.15) is 60.3 Å². The summed E-state index contributed by atoms with van der Waals surface area (Å²) in [7, 11) is -35.0. The molecule has 0 unspecified atom stereocenters. The van der Waals surface area contributed by atoms with Crippen LogP contribution in [0.1, 0.15) is 5.56 Å². The number of aromatic hydroxyl groups is 3. The lowest BCUT2D eigenvalue weighted by atomic mass is 10.1. The van der Waals surface area contributed by atoms with E-state index >= 15 is 0 Å². The molecule has 0 fully saturated rings. The monoisotopic (exact) mass is 1390 g/mol. The Balaban J connectivity index is 0.00000279. The number of hydrogen-bond acceptors (Lipinski definition) is 32. The normalized spacial score (nSPS) is 12.7. The number of phenolic OH excluding ortho intramolecular Hbond substituents is 2. The molecule has 0 aliphatic heterocycles. The van der Waals surface area contributed by atoms with Gasteiger partial charge in [0, 0.05) is 28.3 Å². The number of anilines is 1. The van der Waals surface area contributed by atoms with Crippen molar-refractivity contribution in [1.29, 1.82) is 0 Å². The SMILES string of the molecule is Cc1cc(S(=O)(=O)O)c(N=Nc2c(OC=O)nn(-c3ccc(S(=O)(=O)O)cc3)c2O)cc1N=Nc1c(S(=O)(=O)O)cc2c(S(=O)(=O)O)c(N=Nc3cc(S(=O)(=O)O)c4ccc(N=Nc5ccc([N+](=O)[O-])cc5S(=O)(=O)O)c(O)c4c3N)ccc2c1O.O=S(=O)=O. The Labute approximate surface area is 502 Å². The molecule has 0 saturated heterocycles. The number of benzene rings is 7. The molecule has 11 N–H and O–H groups in total. The molecule has 8 rings (SSSR count). The van der Waals surface area contributed by atoms with Gasteiger partial charge in [0.15, 0.2) is 11.5 Å². The number of aromatic nitrogens is 2. The lowest BCUT2D eigenvalue weighted by Crippen LogP contribution is -2.03. The number of nitro groups is 1. The van der Waals surface area contributed by atoms with Crippen molar-refractivity contribution in [2.45, 2.75) is 36.3 Å². The van der Waals surface area contributed by atoms with Crippen LogP contribution in [0.4, 0.5) is 56.9 Å². The van der Waals surface area contributed by atoms with E-state index < -0.39 is 207 Å². The van der Waals surface area contributed by atoms with Crippen LogP contribution in [0, 0.1) is 17.0 Å². The topological polar surface area (TPSA) is 650 Å². The molecule has 1 heterocycles. The molecule has 40 nitrogen and oxygen atoms in total. The smallest absolute Gasteiger partial charge is 0.425 e. The first kappa shape index (κ1) is 67.3. The Hall–Kier alpha value is -10.2. The van der Waals surface area contributed by atoms with Crippen LogP contribution >= 0.6 is 0 Å². The summed E-state index contributed by atoms with van der Waals surface area (Å²) in [6.07, 6.45) is 0. The first-order valence-corrected chi connectivity index (χ1v) is 32.3. The molecule has 0 radical (unpaired) electrons. The third-order valence-electron chi connectivity index (χ3n) is 11.6. The van der Waals surface area contributed by atoms with E-state index in [9.17, 15) is 108 Å². The number of hydrogen-bond donors (Lipinski definition) is 10. The number of rotatable bonds is 18. The van der Waals surface area contributed by atoms with E-state index in [-0.39, 0.29) is 17.7 Å². The van der Waals surface area contributed by atoms with Crippen LogP contribution < -0.4 is 10.5 Å². The average molecular weight is 1390 g/mol. The number of ether oxygens (including phenoxy) is 1. The van der Waals surface area contributed by atoms with Gasteiger partial charge < -0.3 is 25.8 Å². The minimum absolute atomic E-state index is 0.134. The summed E-state index contributed by atoms with van der Waals surface area (Å²) in [5.41, 5.74) is -2.09. The number of nitrogens with two attached hydrogens (primary N) is 1. The first-order valence-electron chi connectivity index (χ1n) is 22.7. The van der Waals surface area contributed by atoms with Crippen molar-refractivity contribution in [2.75, 3.05) is 5.73 Å². The third kappa shape index (κ3) is 14.5. The van der Waals surface area contributed by atoms with E-state index in [0.29, 0.717) is 28.9 Å². The summed E-state index contributed by atoms with van der Waals surface area (Å²) in [6, 6.07) is 11.5. The second-order valence-corrected chi connectivity index (χ2v) is 26.0. The quantitative estimate of drug-likeness (QED) is 0.0106. The van der Waals surface area contributed by atoms with E-state index in [1.165, 1.54) is 0 Å². The second kappa shape index (κ2) is 24.8. The fraction of sp³-hybridized carbons (Fsp3) is 0.0233. The molecular weight excluding hydrogens is 1360 g/mol. The van der Waals surface area contributed by atoms with Crippen molar-refractivity contribution in [2.24, 2.45) is 40.9 Å². The molecule has 1 aromatic heterocycles. The molecule has 0 aliphatic rings. The predicted molar refractivity (Wildman–Crippen MR) is 297 cm³/mol. The molecule has 0 aliphatic carbocycles. The highest BCUT2D eigenvalue weighted by molar-refractivity contribution is 7.87. The first-order chi connectivity index (χ1) is 41.5. The highest BCUT2D eigenvalue weighted by atomic mass is 32.2. The zero-order valence-corrected chi connectivity index (χ0v) is 49.1. The Morgan fingerprint density at radius 3 is 1.59 bits per heavy atom. The molecule has 0 amide bonds. The molecule has 0 atom stereocenters. The molecular formula is C43H30N12O28S7. The number of non-ortho nitro benzene ring substituents is 1. The van der Waals surface area contributed by atoms with Gasteiger partial charge in [0.05, 0.1) is 32.3 Å². The average Bonchev–Trinajstić information content (AvgIpc) is 0.951. The lowest BCUT2D eigenvalue weighted by Gasteiger charge is -2.13. The number of carbonyl (C=O) groups excluding carboxylic acids is 1. The van der Waals surface area contributed by atoms with Gasteiger partial charge in [0.1, 0.15) is 58.6 Å². The van der Waals surface area contributed by atoms with Crippen molar-refractivity contribution in [1.82, 2.24) is 9.78 Å². The number of nitrogen functional groups attached to an aromatic ring is 1. The number of nitro benzene ring substituents is 1. The molecule has 47 heteroatoms. The van der Waals surface area contributed by atoms with Gasteiger partial charge in [-0.3, -0.25) is 42.2 Å². The fourth-order valence-electron chi connectivity index (χ4n) is 7.78. The summed E-state index contributed by atoms with van der Waals surface area (Å²) in [5.74, 6) is -4.17. The number of carbonyl (C=O) groups is 1. The molecule has 90 heavy (non-hydrogen) atoms. The number of azo groups is 4. The van der Waals surface area contributed by atoms with Crippen LogP contribution in [0.3, 0.4) is 0 Å². The van der Waals surface area contributed by atoms with Gasteiger partial charge >= 0.3 is 10.6 Å². The van der Waals surface area contributed by atoms with Gasteiger partial charge in [-0.25, -0.2) is 0 Å². The zero-order chi connectivity index (χ0) is 67.1. The minimum Gasteiger partial charge on any atom is -0.505 e. The van der Waals surface area contributed by atoms with Crippen LogP contribution in [0.2, 0.25) is 0 Å². The summed E-state index contributed by atoms with van der Waals surface area (Å²) in [4.78, 5) is 15.0. The zero-order valence-electron chi connectivity index (χ0n) is 43.4. The maximum atomic E-state index is 13.1. The van der Waals surface area contributed by atoms with Crippen LogP contribution in [0.15, 0.2) is 161 Å². The summed E-state index contributed by atoms with van der Waals surface area (Å²) in [6.45, 7) is 0.978. The largest absolute Gasteiger partial charge is 0.505 e. The van der Waals surface area contributed by atoms with Gasteiger partial charge in [0.2, 0.25) is 11.6 Å². The van der Waals surface area contributed by atoms with Gasteiger partial charge in [-0.15, -0.1) is 53.5 Å². The fourth-order valence-corrected chi connectivity index (χ4v) is 11.8. The Morgan fingerprint density at radius 2 is 1.03 bits per heavy atom. The van der Waals surface area contributed by atoms with Crippen molar-refractivity contribution in [3.63, 3.8) is 0 Å². The van der Waals surface area contributed by atoms with E-state index in [1.807, 2.05) is 0 Å². The number of aryl methyl sites for hydroxylation is 1. The van der Waals surface area contributed by atoms with Crippen molar-refractivity contribution in [3.8, 4) is 28.9 Å². The van der Waals surface area contributed by atoms with Crippen LogP contribution in [-0.2, 0) is 76.1 Å². The van der Waals surface area contributed by atoms with Gasteiger partial charge in [-0.1, -0.05) is 6.07 Å². The molecule has 0 bridgehead atoms. The van der Waals surface area contributed by atoms with Crippen molar-refractivity contribution in [3.05, 3.63) is 107 Å². The van der Waals surface area contributed by atoms with Crippen LogP contribution in [0.25, 0.3) is 27.2 Å². The summed E-state index contributed by atoms with van der Waals surface area (Å²) >= 11 is 0. The van der Waals surface area contributed by atoms with E-state index in [0.717, 1.165) is 73.7 Å². The van der Waals surface area contributed by atoms with E-state index in [4.69, 9.17) is 23.1 Å². The summed E-state index contributed by atoms with van der Waals surface area (Å²) < 4.78 is 241. The highest BCUT2D eigenvalue weighted by Crippen LogP contribution is 2.49. The maximum Gasteiger partial charge on any atom is 0.425 e. The Morgan fingerprint density at radius 1 is 0.533 bits per heavy atom. The molecule has 8 aromatic rings. The third-order valence-corrected chi connectivity index (χ3v) is 16.9. The summed E-state index contributed by atoms with van der Waals surface area (Å²) in [5, 5.41) is 75.6. The molecule has 472 valence electrons. The van der Waals surface area contributed by atoms with Crippen molar-refractivity contribution < 1.29 is 120 Å². The highest BCUT2D eigenvalue weighted by Gasteiger charge is 2.30. The van der Waals surface area contributed by atoms with Crippen LogP contribution in [-0.4, -0.2) is 127 Å². The minimum atomic E-state index is -5.70. The van der Waals surface area contributed by atoms with Gasteiger partial charge in [0.25, 0.3) is 78.7 Å². The maximum absolute atomic E-state index is 13.1. The lowest BCUT2D eigenvalue weighted by molar-refractivity contribution is -0.385. The molecule has 7 aromatic carbocycles. The second-order valence-electron chi connectivity index (χ2n) is 17.2. The standard InChI is InChI=1S/C43H30N12O25S6.O3S/c1-18-12-32(83(68,69)70)29(49-52-38-42(80-17-56)53-54(43(38)59)19-2-5-21(6-3-19)81(62,63)64)15-28(18)48-51-37-34(85(74,75)76)14-24-22(39(37)57)7-11-27(41(24)86(77,78)79)47-50-30-16-31(82(65,66)67)23-8-10-26(40(58)35(23)36(30)44)46-45-25-9-4-20(55(60)61)13-33(25)84(71,72)73;1-4(2)3/h2-17,57-59H,44H2,1H3,(H,62,63,64)(H,65,66,67)(H,68,69,70)(H,71,72,73)(H,74,75,76)(H,77,78,79);. The number of phenols is 2. The number of nitrogens with zero attached hydrogens (tertiary/aromatic N) is 11. The predicted octanol–water partition coefficient (Wildman–Crippen LogP) is 6.77. The molecule has 0 saturated carbocycles. The number of fused-ring (bicyclic) bond motifs is 2. The Kier molecular flexibility index (Phi) is 18.5. The van der Waals surface area contributed by atoms with E-state index in [1.54, 1.807) is 0 Å². The van der Waals surface area contributed by atoms with Gasteiger partial charge in [-0.05, 0) is 85.3 Å². The molecule has 0 spiro atoms. The Bertz CT molecular complexity index is 5390. The van der Waals surface area contributed by atoms with Crippen molar-refractivity contribution >= 4 is 156 Å². The van der Waals surface area contributed by atoms with Crippen LogP contribution in [0.5, 0.6) is 23.3 Å².